The van der Waals surface area contributed by atoms with Crippen molar-refractivity contribution >= 4 is 26.9 Å². The van der Waals surface area contributed by atoms with Crippen molar-refractivity contribution in [2.24, 2.45) is 0 Å². The van der Waals surface area contributed by atoms with Crippen molar-refractivity contribution in [2.75, 3.05) is 14.2 Å². The number of sulfonamides is 1. The van der Waals surface area contributed by atoms with Gasteiger partial charge in [0, 0.05) is 18.0 Å². The van der Waals surface area contributed by atoms with Crippen LogP contribution in [0.15, 0.2) is 63.9 Å². The second-order valence-electron chi connectivity index (χ2n) is 6.01. The Morgan fingerprint density at radius 2 is 1.89 bits per heavy atom. The highest BCUT2D eigenvalue weighted by atomic mass is 32.2. The SMILES string of the molecule is CON(C)S(=O)(=O)c1cccc(C(=O)N[C@H](C)c2cc3ccccc3o2)c1. The van der Waals surface area contributed by atoms with E-state index in [0.717, 1.165) is 15.4 Å². The van der Waals surface area contributed by atoms with E-state index in [1.807, 2.05) is 30.3 Å². The largest absolute Gasteiger partial charge is 0.459 e. The average Bonchev–Trinajstić information content (AvgIpc) is 3.11. The molecule has 0 aliphatic carbocycles. The molecular weight excluding hydrogens is 368 g/mol. The lowest BCUT2D eigenvalue weighted by molar-refractivity contribution is -0.0258. The predicted octanol–water partition coefficient (Wildman–Crippen LogP) is 3.11. The summed E-state index contributed by atoms with van der Waals surface area (Å²) in [7, 11) is -1.29. The van der Waals surface area contributed by atoms with E-state index < -0.39 is 15.9 Å². The molecule has 0 unspecified atom stereocenters. The van der Waals surface area contributed by atoms with Gasteiger partial charge in [0.2, 0.25) is 0 Å². The van der Waals surface area contributed by atoms with Gasteiger partial charge in [-0.1, -0.05) is 28.7 Å². The van der Waals surface area contributed by atoms with Crippen LogP contribution >= 0.6 is 0 Å². The van der Waals surface area contributed by atoms with Crippen LogP contribution in [0.25, 0.3) is 11.0 Å². The van der Waals surface area contributed by atoms with Crippen LogP contribution < -0.4 is 5.32 Å². The van der Waals surface area contributed by atoms with Crippen LogP contribution in [0.3, 0.4) is 0 Å². The topological polar surface area (TPSA) is 88.8 Å². The van der Waals surface area contributed by atoms with Gasteiger partial charge in [0.15, 0.2) is 0 Å². The number of hydroxylamine groups is 1. The molecule has 0 spiro atoms. The Hall–Kier alpha value is -2.68. The molecule has 0 fully saturated rings. The standard InChI is InChI=1S/C19H20N2O5S/c1-13(18-12-14-7-4-5-10-17(14)26-18)20-19(22)15-8-6-9-16(11-15)27(23,24)21(2)25-3/h4-13H,1-3H3,(H,20,22)/t13-/m1/s1. The highest BCUT2D eigenvalue weighted by molar-refractivity contribution is 7.89. The Morgan fingerprint density at radius 3 is 2.59 bits per heavy atom. The summed E-state index contributed by atoms with van der Waals surface area (Å²) in [5.41, 5.74) is 0.966. The number of amides is 1. The highest BCUT2D eigenvalue weighted by Gasteiger charge is 2.22. The average molecular weight is 388 g/mol. The van der Waals surface area contributed by atoms with Crippen LogP contribution in [-0.4, -0.2) is 33.0 Å². The van der Waals surface area contributed by atoms with Crippen LogP contribution in [0.5, 0.6) is 0 Å². The van der Waals surface area contributed by atoms with Gasteiger partial charge in [-0.05, 0) is 37.3 Å². The van der Waals surface area contributed by atoms with Crippen molar-refractivity contribution in [1.29, 1.82) is 0 Å². The molecule has 0 aliphatic rings. The minimum atomic E-state index is -3.83. The van der Waals surface area contributed by atoms with E-state index in [1.165, 1.54) is 32.4 Å². The maximum atomic E-state index is 12.6. The quantitative estimate of drug-likeness (QED) is 0.656. The second-order valence-corrected chi connectivity index (χ2v) is 7.94. The Kier molecular flexibility index (Phi) is 5.31. The molecule has 1 aromatic heterocycles. The van der Waals surface area contributed by atoms with Gasteiger partial charge in [-0.15, -0.1) is 0 Å². The molecule has 142 valence electrons. The number of benzene rings is 2. The summed E-state index contributed by atoms with van der Waals surface area (Å²) in [5.74, 6) is 0.215. The third kappa shape index (κ3) is 3.87. The molecular formula is C19H20N2O5S. The smallest absolute Gasteiger partial charge is 0.264 e. The zero-order chi connectivity index (χ0) is 19.6. The number of carbonyl (C=O) groups is 1. The normalized spacial score (nSPS) is 13.0. The van der Waals surface area contributed by atoms with Gasteiger partial charge in [-0.3, -0.25) is 9.63 Å². The first-order valence-corrected chi connectivity index (χ1v) is 9.69. The van der Waals surface area contributed by atoms with Gasteiger partial charge in [0.25, 0.3) is 15.9 Å². The zero-order valence-corrected chi connectivity index (χ0v) is 16.0. The van der Waals surface area contributed by atoms with E-state index >= 15 is 0 Å². The third-order valence-electron chi connectivity index (χ3n) is 4.21. The summed E-state index contributed by atoms with van der Waals surface area (Å²) in [6.45, 7) is 1.80. The number of furan rings is 1. The summed E-state index contributed by atoms with van der Waals surface area (Å²) in [6, 6.07) is 14.8. The molecule has 3 aromatic rings. The predicted molar refractivity (Wildman–Crippen MR) is 100 cm³/mol. The van der Waals surface area contributed by atoms with Crippen molar-refractivity contribution < 1.29 is 22.5 Å². The van der Waals surface area contributed by atoms with Crippen LogP contribution in [-0.2, 0) is 14.9 Å². The van der Waals surface area contributed by atoms with Crippen molar-refractivity contribution in [3.8, 4) is 0 Å². The zero-order valence-electron chi connectivity index (χ0n) is 15.2. The summed E-state index contributed by atoms with van der Waals surface area (Å²) in [5, 5.41) is 3.77. The third-order valence-corrected chi connectivity index (χ3v) is 5.88. The molecule has 0 saturated carbocycles. The van der Waals surface area contributed by atoms with Crippen molar-refractivity contribution in [1.82, 2.24) is 9.79 Å². The van der Waals surface area contributed by atoms with Crippen molar-refractivity contribution in [3.63, 3.8) is 0 Å². The van der Waals surface area contributed by atoms with Crippen LogP contribution in [0, 0.1) is 0 Å². The highest BCUT2D eigenvalue weighted by Crippen LogP contribution is 2.24. The Balaban J connectivity index is 1.81. The number of carbonyl (C=O) groups excluding carboxylic acids is 1. The Morgan fingerprint density at radius 1 is 1.15 bits per heavy atom. The molecule has 0 bridgehead atoms. The first-order chi connectivity index (χ1) is 12.8. The summed E-state index contributed by atoms with van der Waals surface area (Å²) in [6.07, 6.45) is 0. The van der Waals surface area contributed by atoms with Gasteiger partial charge in [-0.25, -0.2) is 8.42 Å². The number of nitrogens with one attached hydrogen (secondary N) is 1. The number of hydrogen-bond acceptors (Lipinski definition) is 5. The first-order valence-electron chi connectivity index (χ1n) is 8.25. The lowest BCUT2D eigenvalue weighted by Gasteiger charge is -2.15. The van der Waals surface area contributed by atoms with E-state index in [2.05, 4.69) is 5.32 Å². The lowest BCUT2D eigenvalue weighted by Crippen LogP contribution is -2.28. The Bertz CT molecular complexity index is 1040. The van der Waals surface area contributed by atoms with Gasteiger partial charge >= 0.3 is 0 Å². The Labute approximate surface area is 157 Å². The van der Waals surface area contributed by atoms with Gasteiger partial charge in [0.1, 0.15) is 11.3 Å². The van der Waals surface area contributed by atoms with E-state index in [4.69, 9.17) is 9.25 Å². The molecule has 0 radical (unpaired) electrons. The molecule has 8 heteroatoms. The van der Waals surface area contributed by atoms with Gasteiger partial charge in [0.05, 0.1) is 18.0 Å². The minimum Gasteiger partial charge on any atom is -0.459 e. The lowest BCUT2D eigenvalue weighted by atomic mass is 10.1. The molecule has 1 heterocycles. The number of fused-ring (bicyclic) bond motifs is 1. The fraction of sp³-hybridized carbons (Fsp3) is 0.211. The monoisotopic (exact) mass is 388 g/mol. The molecule has 1 amide bonds. The van der Waals surface area contributed by atoms with Crippen LogP contribution in [0.2, 0.25) is 0 Å². The van der Waals surface area contributed by atoms with E-state index in [1.54, 1.807) is 13.0 Å². The molecule has 3 rings (SSSR count). The fourth-order valence-corrected chi connectivity index (χ4v) is 3.63. The second kappa shape index (κ2) is 7.51. The maximum absolute atomic E-state index is 12.6. The molecule has 0 aliphatic heterocycles. The summed E-state index contributed by atoms with van der Waals surface area (Å²) >= 11 is 0. The number of rotatable bonds is 6. The number of para-hydroxylation sites is 1. The van der Waals surface area contributed by atoms with Crippen molar-refractivity contribution in [2.45, 2.75) is 17.9 Å². The molecule has 7 nitrogen and oxygen atoms in total. The summed E-state index contributed by atoms with van der Waals surface area (Å²) in [4.78, 5) is 17.3. The van der Waals surface area contributed by atoms with Crippen molar-refractivity contribution in [3.05, 3.63) is 65.9 Å². The number of nitrogens with zero attached hydrogens (tertiary/aromatic N) is 1. The van der Waals surface area contributed by atoms with Gasteiger partial charge < -0.3 is 9.73 Å². The van der Waals surface area contributed by atoms with E-state index in [0.29, 0.717) is 5.76 Å². The molecule has 1 N–H and O–H groups in total. The van der Waals surface area contributed by atoms with E-state index in [9.17, 15) is 13.2 Å². The van der Waals surface area contributed by atoms with Crippen LogP contribution in [0.1, 0.15) is 29.1 Å². The van der Waals surface area contributed by atoms with Gasteiger partial charge in [-0.2, -0.15) is 0 Å². The molecule has 27 heavy (non-hydrogen) atoms. The van der Waals surface area contributed by atoms with E-state index in [-0.39, 0.29) is 16.5 Å². The van der Waals surface area contributed by atoms with Crippen LogP contribution in [0.4, 0.5) is 0 Å². The molecule has 0 saturated heterocycles. The molecule has 1 atom stereocenters. The first kappa shape index (κ1) is 19.1. The minimum absolute atomic E-state index is 0.0316. The fourth-order valence-electron chi connectivity index (χ4n) is 2.61. The number of hydrogen-bond donors (Lipinski definition) is 1. The molecule has 2 aromatic carbocycles. The summed E-state index contributed by atoms with van der Waals surface area (Å²) < 4.78 is 31.2. The maximum Gasteiger partial charge on any atom is 0.264 e.